The first-order valence-corrected chi connectivity index (χ1v) is 6.69. The molecule has 0 radical (unpaired) electrons. The van der Waals surface area contributed by atoms with Crippen LogP contribution in [0.4, 0.5) is 0 Å². The van der Waals surface area contributed by atoms with E-state index >= 15 is 0 Å². The summed E-state index contributed by atoms with van der Waals surface area (Å²) < 4.78 is 13.3. The molecule has 0 saturated heterocycles. The van der Waals surface area contributed by atoms with Crippen molar-refractivity contribution in [3.63, 3.8) is 0 Å². The molecule has 0 spiro atoms. The second-order valence-corrected chi connectivity index (χ2v) is 5.02. The summed E-state index contributed by atoms with van der Waals surface area (Å²) in [6.07, 6.45) is 0.110. The minimum Gasteiger partial charge on any atom is -0.486 e. The fourth-order valence-electron chi connectivity index (χ4n) is 2.68. The predicted molar refractivity (Wildman–Crippen MR) is 74.7 cm³/mol. The molecule has 0 saturated carbocycles. The minimum atomic E-state index is -0.790. The van der Waals surface area contributed by atoms with E-state index in [1.54, 1.807) is 0 Å². The van der Waals surface area contributed by atoms with Gasteiger partial charge in [0.15, 0.2) is 11.5 Å². The lowest BCUT2D eigenvalue weighted by Crippen LogP contribution is -2.15. The second-order valence-electron chi connectivity index (χ2n) is 5.02. The molecular weight excluding hydrogens is 258 g/mol. The maximum absolute atomic E-state index is 10.8. The van der Waals surface area contributed by atoms with E-state index in [1.807, 2.05) is 30.5 Å². The van der Waals surface area contributed by atoms with Crippen molar-refractivity contribution in [1.29, 1.82) is 0 Å². The number of aromatic nitrogens is 1. The van der Waals surface area contributed by atoms with Gasteiger partial charge in [-0.2, -0.15) is 0 Å². The molecule has 0 atom stereocenters. The van der Waals surface area contributed by atoms with Gasteiger partial charge in [0.2, 0.25) is 0 Å². The molecule has 5 heteroatoms. The van der Waals surface area contributed by atoms with E-state index < -0.39 is 5.97 Å². The summed E-state index contributed by atoms with van der Waals surface area (Å²) in [7, 11) is 0. The molecule has 0 fully saturated rings. The highest BCUT2D eigenvalue weighted by molar-refractivity contribution is 5.88. The maximum Gasteiger partial charge on any atom is 0.305 e. The van der Waals surface area contributed by atoms with E-state index in [-0.39, 0.29) is 6.42 Å². The Labute approximate surface area is 116 Å². The smallest absolute Gasteiger partial charge is 0.305 e. The topological polar surface area (TPSA) is 60.7 Å². The molecule has 0 amide bonds. The zero-order valence-electron chi connectivity index (χ0n) is 11.6. The van der Waals surface area contributed by atoms with Gasteiger partial charge in [0, 0.05) is 23.7 Å². The SMILES string of the molecule is Cc1c(C)n(CCC(=O)O)c2cc3c(cc12)OCCO3. The number of rotatable bonds is 3. The normalized spacial score (nSPS) is 13.7. The van der Waals surface area contributed by atoms with Gasteiger partial charge in [-0.1, -0.05) is 0 Å². The second kappa shape index (κ2) is 4.74. The average molecular weight is 275 g/mol. The van der Waals surface area contributed by atoms with Crippen LogP contribution in [0.2, 0.25) is 0 Å². The van der Waals surface area contributed by atoms with Crippen molar-refractivity contribution in [3.05, 3.63) is 23.4 Å². The summed E-state index contributed by atoms with van der Waals surface area (Å²) >= 11 is 0. The largest absolute Gasteiger partial charge is 0.486 e. The number of aryl methyl sites for hydroxylation is 2. The molecule has 2 heterocycles. The fourth-order valence-corrected chi connectivity index (χ4v) is 2.68. The standard InChI is InChI=1S/C15H17NO4/c1-9-10(2)16(4-3-15(17)18)12-8-14-13(7-11(9)12)19-5-6-20-14/h7-8H,3-6H2,1-2H3,(H,17,18). The van der Waals surface area contributed by atoms with Crippen LogP contribution in [0.15, 0.2) is 12.1 Å². The zero-order chi connectivity index (χ0) is 14.3. The number of aliphatic carboxylic acids is 1. The first-order chi connectivity index (χ1) is 9.58. The first kappa shape index (κ1) is 12.8. The molecule has 0 aliphatic carbocycles. The summed E-state index contributed by atoms with van der Waals surface area (Å²) in [4.78, 5) is 10.8. The van der Waals surface area contributed by atoms with Crippen molar-refractivity contribution in [2.24, 2.45) is 0 Å². The first-order valence-electron chi connectivity index (χ1n) is 6.69. The van der Waals surface area contributed by atoms with Crippen LogP contribution in [0.3, 0.4) is 0 Å². The van der Waals surface area contributed by atoms with Crippen LogP contribution in [0, 0.1) is 13.8 Å². The number of hydrogen-bond donors (Lipinski definition) is 1. The Morgan fingerprint density at radius 2 is 1.90 bits per heavy atom. The Morgan fingerprint density at radius 1 is 1.25 bits per heavy atom. The van der Waals surface area contributed by atoms with Gasteiger partial charge in [-0.05, 0) is 25.5 Å². The van der Waals surface area contributed by atoms with Crippen LogP contribution in [0.25, 0.3) is 10.9 Å². The zero-order valence-corrected chi connectivity index (χ0v) is 11.6. The summed E-state index contributed by atoms with van der Waals surface area (Å²) in [5.41, 5.74) is 3.25. The van der Waals surface area contributed by atoms with Gasteiger partial charge in [0.25, 0.3) is 0 Å². The van der Waals surface area contributed by atoms with Crippen molar-refractivity contribution < 1.29 is 19.4 Å². The number of ether oxygens (including phenoxy) is 2. The van der Waals surface area contributed by atoms with Crippen molar-refractivity contribution >= 4 is 16.9 Å². The Balaban J connectivity index is 2.14. The molecule has 3 rings (SSSR count). The molecular formula is C15H17NO4. The quantitative estimate of drug-likeness (QED) is 0.935. The predicted octanol–water partition coefficient (Wildman–Crippen LogP) is 2.50. The number of carbonyl (C=O) groups is 1. The highest BCUT2D eigenvalue weighted by atomic mass is 16.6. The Hall–Kier alpha value is -2.17. The molecule has 1 aromatic carbocycles. The van der Waals surface area contributed by atoms with Gasteiger partial charge >= 0.3 is 5.97 Å². The van der Waals surface area contributed by atoms with Crippen molar-refractivity contribution in [2.45, 2.75) is 26.8 Å². The molecule has 106 valence electrons. The lowest BCUT2D eigenvalue weighted by molar-refractivity contribution is -0.137. The number of nitrogens with zero attached hydrogens (tertiary/aromatic N) is 1. The highest BCUT2D eigenvalue weighted by Crippen LogP contribution is 2.37. The van der Waals surface area contributed by atoms with Crippen LogP contribution >= 0.6 is 0 Å². The van der Waals surface area contributed by atoms with E-state index in [4.69, 9.17) is 14.6 Å². The maximum atomic E-state index is 10.8. The molecule has 5 nitrogen and oxygen atoms in total. The van der Waals surface area contributed by atoms with Gasteiger partial charge in [-0.15, -0.1) is 0 Å². The van der Waals surface area contributed by atoms with Crippen molar-refractivity contribution in [1.82, 2.24) is 4.57 Å². The number of carboxylic acids is 1. The Kier molecular flexibility index (Phi) is 3.04. The van der Waals surface area contributed by atoms with E-state index in [0.717, 1.165) is 33.7 Å². The molecule has 2 aromatic rings. The number of carboxylic acid groups (broad SMARTS) is 1. The van der Waals surface area contributed by atoms with Crippen LogP contribution in [-0.2, 0) is 11.3 Å². The molecule has 1 aliphatic heterocycles. The lowest BCUT2D eigenvalue weighted by atomic mass is 10.1. The summed E-state index contributed by atoms with van der Waals surface area (Å²) in [6, 6.07) is 3.94. The molecule has 1 aliphatic rings. The molecule has 1 aromatic heterocycles. The van der Waals surface area contributed by atoms with Gasteiger partial charge in [0.05, 0.1) is 11.9 Å². The van der Waals surface area contributed by atoms with Gasteiger partial charge in [-0.3, -0.25) is 4.79 Å². The van der Waals surface area contributed by atoms with Crippen LogP contribution < -0.4 is 9.47 Å². The van der Waals surface area contributed by atoms with Gasteiger partial charge in [0.1, 0.15) is 13.2 Å². The highest BCUT2D eigenvalue weighted by Gasteiger charge is 2.18. The third-order valence-electron chi connectivity index (χ3n) is 3.85. The van der Waals surface area contributed by atoms with Crippen LogP contribution in [-0.4, -0.2) is 28.9 Å². The average Bonchev–Trinajstić information content (AvgIpc) is 2.66. The lowest BCUT2D eigenvalue weighted by Gasteiger charge is -2.18. The molecule has 20 heavy (non-hydrogen) atoms. The van der Waals surface area contributed by atoms with E-state index in [1.165, 1.54) is 0 Å². The van der Waals surface area contributed by atoms with Crippen molar-refractivity contribution in [2.75, 3.05) is 13.2 Å². The third kappa shape index (κ3) is 1.99. The fraction of sp³-hybridized carbons (Fsp3) is 0.400. The third-order valence-corrected chi connectivity index (χ3v) is 3.85. The van der Waals surface area contributed by atoms with Crippen molar-refractivity contribution in [3.8, 4) is 11.5 Å². The summed E-state index contributed by atoms with van der Waals surface area (Å²) in [5, 5.41) is 9.97. The van der Waals surface area contributed by atoms with E-state index in [2.05, 4.69) is 0 Å². The number of hydrogen-bond acceptors (Lipinski definition) is 3. The summed E-state index contributed by atoms with van der Waals surface area (Å²) in [6.45, 7) is 5.64. The van der Waals surface area contributed by atoms with Gasteiger partial charge in [-0.25, -0.2) is 0 Å². The molecule has 1 N–H and O–H groups in total. The van der Waals surface area contributed by atoms with Gasteiger partial charge < -0.3 is 19.1 Å². The molecule has 0 bridgehead atoms. The summed E-state index contributed by atoms with van der Waals surface area (Å²) in [5.74, 6) is 0.710. The molecule has 0 unspecified atom stereocenters. The Bertz CT molecular complexity index is 687. The monoisotopic (exact) mass is 275 g/mol. The number of fused-ring (bicyclic) bond motifs is 2. The minimum absolute atomic E-state index is 0.110. The van der Waals surface area contributed by atoms with E-state index in [9.17, 15) is 4.79 Å². The van der Waals surface area contributed by atoms with E-state index in [0.29, 0.717) is 19.8 Å². The number of benzene rings is 1. The Morgan fingerprint density at radius 3 is 2.55 bits per heavy atom. The van der Waals surface area contributed by atoms with Crippen LogP contribution in [0.1, 0.15) is 17.7 Å². The van der Waals surface area contributed by atoms with Crippen LogP contribution in [0.5, 0.6) is 11.5 Å².